The maximum atomic E-state index is 4.67. The van der Waals surface area contributed by atoms with Gasteiger partial charge >= 0.3 is 0 Å². The number of aryl methyl sites for hydroxylation is 2. The summed E-state index contributed by atoms with van der Waals surface area (Å²) in [6, 6.07) is 5.88. The zero-order chi connectivity index (χ0) is 18.6. The second-order valence-electron chi connectivity index (χ2n) is 7.19. The van der Waals surface area contributed by atoms with E-state index in [1.807, 2.05) is 50.9 Å². The van der Waals surface area contributed by atoms with Crippen molar-refractivity contribution >= 4 is 11.6 Å². The largest absolute Gasteiger partial charge is 0.337 e. The van der Waals surface area contributed by atoms with Crippen LogP contribution in [0, 0.1) is 6.92 Å². The number of nitrogens with zero attached hydrogens (tertiary/aromatic N) is 6. The predicted octanol–water partition coefficient (Wildman–Crippen LogP) is 3.04. The molecule has 1 saturated heterocycles. The van der Waals surface area contributed by atoms with Gasteiger partial charge in [-0.15, -0.1) is 0 Å². The van der Waals surface area contributed by atoms with Gasteiger partial charge in [0.15, 0.2) is 0 Å². The zero-order valence-corrected chi connectivity index (χ0v) is 15.8. The van der Waals surface area contributed by atoms with Crippen LogP contribution in [0.5, 0.6) is 0 Å². The number of imidazole rings is 1. The van der Waals surface area contributed by atoms with Crippen molar-refractivity contribution in [3.63, 3.8) is 0 Å². The fourth-order valence-corrected chi connectivity index (χ4v) is 3.56. The Morgan fingerprint density at radius 2 is 2.07 bits per heavy atom. The molecule has 4 heterocycles. The number of likely N-dealkylation sites (tertiary alicyclic amines) is 1. The van der Waals surface area contributed by atoms with Gasteiger partial charge in [-0.05, 0) is 38.4 Å². The van der Waals surface area contributed by atoms with Gasteiger partial charge < -0.3 is 9.88 Å². The smallest absolute Gasteiger partial charge is 0.150 e. The molecule has 3 aromatic heterocycles. The molecule has 140 valence electrons. The van der Waals surface area contributed by atoms with E-state index < -0.39 is 0 Å². The van der Waals surface area contributed by atoms with Crippen LogP contribution in [0.4, 0.5) is 11.6 Å². The summed E-state index contributed by atoms with van der Waals surface area (Å²) in [5.41, 5.74) is 3.28. The van der Waals surface area contributed by atoms with Gasteiger partial charge in [-0.1, -0.05) is 6.07 Å². The van der Waals surface area contributed by atoms with Crippen LogP contribution in [0.1, 0.15) is 35.8 Å². The molecule has 0 amide bonds. The molecule has 0 saturated carbocycles. The standard InChI is InChI=1S/C20H25N7/c1-15-5-3-7-19(24-15)25-20-11-22-18(10-23-20)16-6-4-8-27(12-16)13-17-9-21-14-26(17)2/h3,5,7,9-11,14,16H,4,6,8,12-13H2,1-2H3,(H,23,24,25)/t16-/m0/s1. The Kier molecular flexibility index (Phi) is 5.11. The van der Waals surface area contributed by atoms with Gasteiger partial charge in [0, 0.05) is 37.9 Å². The highest BCUT2D eigenvalue weighted by atomic mass is 15.2. The fraction of sp³-hybridized carbons (Fsp3) is 0.400. The van der Waals surface area contributed by atoms with Crippen molar-refractivity contribution in [3.05, 3.63) is 60.2 Å². The number of nitrogens with one attached hydrogen (secondary N) is 1. The van der Waals surface area contributed by atoms with Gasteiger partial charge in [0.1, 0.15) is 11.6 Å². The molecule has 1 fully saturated rings. The Balaban J connectivity index is 1.40. The van der Waals surface area contributed by atoms with E-state index in [2.05, 4.69) is 34.7 Å². The average molecular weight is 363 g/mol. The summed E-state index contributed by atoms with van der Waals surface area (Å²) in [7, 11) is 2.05. The number of hydrogen-bond acceptors (Lipinski definition) is 6. The minimum absolute atomic E-state index is 0.422. The van der Waals surface area contributed by atoms with Crippen molar-refractivity contribution in [2.45, 2.75) is 32.2 Å². The van der Waals surface area contributed by atoms with Crippen molar-refractivity contribution in [1.29, 1.82) is 0 Å². The van der Waals surface area contributed by atoms with E-state index in [4.69, 9.17) is 0 Å². The highest BCUT2D eigenvalue weighted by Gasteiger charge is 2.23. The van der Waals surface area contributed by atoms with Crippen molar-refractivity contribution in [2.75, 3.05) is 18.4 Å². The van der Waals surface area contributed by atoms with E-state index in [1.54, 1.807) is 6.20 Å². The first-order chi connectivity index (χ1) is 13.2. The molecule has 0 unspecified atom stereocenters. The summed E-state index contributed by atoms with van der Waals surface area (Å²) >= 11 is 0. The van der Waals surface area contributed by atoms with Crippen LogP contribution in [0.3, 0.4) is 0 Å². The minimum atomic E-state index is 0.422. The van der Waals surface area contributed by atoms with E-state index in [0.29, 0.717) is 5.92 Å². The number of rotatable bonds is 5. The van der Waals surface area contributed by atoms with Crippen LogP contribution in [0.25, 0.3) is 0 Å². The molecule has 1 aliphatic heterocycles. The molecule has 0 aromatic carbocycles. The lowest BCUT2D eigenvalue weighted by Gasteiger charge is -2.32. The first kappa shape index (κ1) is 17.6. The average Bonchev–Trinajstić information content (AvgIpc) is 3.07. The summed E-state index contributed by atoms with van der Waals surface area (Å²) in [4.78, 5) is 20.4. The van der Waals surface area contributed by atoms with Gasteiger partial charge in [-0.25, -0.2) is 15.0 Å². The van der Waals surface area contributed by atoms with Crippen molar-refractivity contribution in [2.24, 2.45) is 7.05 Å². The van der Waals surface area contributed by atoms with Crippen molar-refractivity contribution in [3.8, 4) is 0 Å². The summed E-state index contributed by atoms with van der Waals surface area (Å²) in [5, 5.41) is 3.21. The summed E-state index contributed by atoms with van der Waals surface area (Å²) in [6.07, 6.45) is 9.84. The Hall–Kier alpha value is -2.80. The lowest BCUT2D eigenvalue weighted by atomic mass is 9.95. The van der Waals surface area contributed by atoms with Crippen LogP contribution in [0.15, 0.2) is 43.1 Å². The van der Waals surface area contributed by atoms with E-state index in [-0.39, 0.29) is 0 Å². The first-order valence-electron chi connectivity index (χ1n) is 9.37. The van der Waals surface area contributed by atoms with E-state index >= 15 is 0 Å². The summed E-state index contributed by atoms with van der Waals surface area (Å²) in [5.74, 6) is 1.93. The molecule has 7 heteroatoms. The van der Waals surface area contributed by atoms with Crippen LogP contribution in [0.2, 0.25) is 0 Å². The Bertz CT molecular complexity index is 887. The number of hydrogen-bond donors (Lipinski definition) is 1. The normalized spacial score (nSPS) is 17.8. The molecule has 3 aromatic rings. The van der Waals surface area contributed by atoms with Crippen LogP contribution < -0.4 is 5.32 Å². The monoisotopic (exact) mass is 363 g/mol. The lowest BCUT2D eigenvalue weighted by molar-refractivity contribution is 0.194. The molecule has 0 spiro atoms. The molecule has 0 radical (unpaired) electrons. The molecule has 4 rings (SSSR count). The van der Waals surface area contributed by atoms with Crippen molar-refractivity contribution < 1.29 is 0 Å². The molecule has 1 atom stereocenters. The third-order valence-electron chi connectivity index (χ3n) is 5.04. The fourth-order valence-electron chi connectivity index (χ4n) is 3.56. The van der Waals surface area contributed by atoms with Crippen LogP contribution in [-0.4, -0.2) is 42.5 Å². The quantitative estimate of drug-likeness (QED) is 0.751. The van der Waals surface area contributed by atoms with Gasteiger partial charge in [0.05, 0.1) is 30.1 Å². The van der Waals surface area contributed by atoms with E-state index in [9.17, 15) is 0 Å². The SMILES string of the molecule is Cc1cccc(Nc2cnc([C@H]3CCCN(Cc4cncn4C)C3)cn2)n1. The Morgan fingerprint density at radius 1 is 1.15 bits per heavy atom. The third kappa shape index (κ3) is 4.31. The molecule has 1 aliphatic rings. The van der Waals surface area contributed by atoms with Crippen LogP contribution in [-0.2, 0) is 13.6 Å². The van der Waals surface area contributed by atoms with E-state index in [0.717, 1.165) is 49.1 Å². The maximum absolute atomic E-state index is 4.67. The highest BCUT2D eigenvalue weighted by molar-refractivity contribution is 5.50. The van der Waals surface area contributed by atoms with Crippen LogP contribution >= 0.6 is 0 Å². The number of piperidine rings is 1. The molecule has 27 heavy (non-hydrogen) atoms. The molecule has 0 bridgehead atoms. The summed E-state index contributed by atoms with van der Waals surface area (Å²) < 4.78 is 2.09. The molecular weight excluding hydrogens is 338 g/mol. The maximum Gasteiger partial charge on any atom is 0.150 e. The number of aromatic nitrogens is 5. The van der Waals surface area contributed by atoms with Crippen molar-refractivity contribution in [1.82, 2.24) is 29.4 Å². The van der Waals surface area contributed by atoms with E-state index in [1.165, 1.54) is 12.1 Å². The van der Waals surface area contributed by atoms with Gasteiger partial charge in [0.2, 0.25) is 0 Å². The second kappa shape index (κ2) is 7.84. The zero-order valence-electron chi connectivity index (χ0n) is 15.8. The van der Waals surface area contributed by atoms with Gasteiger partial charge in [-0.3, -0.25) is 9.88 Å². The predicted molar refractivity (Wildman–Crippen MR) is 105 cm³/mol. The molecule has 0 aliphatic carbocycles. The number of pyridine rings is 1. The Morgan fingerprint density at radius 3 is 2.81 bits per heavy atom. The molecule has 1 N–H and O–H groups in total. The second-order valence-corrected chi connectivity index (χ2v) is 7.19. The minimum Gasteiger partial charge on any atom is -0.337 e. The lowest BCUT2D eigenvalue weighted by Crippen LogP contribution is -2.34. The topological polar surface area (TPSA) is 71.8 Å². The summed E-state index contributed by atoms with van der Waals surface area (Å²) in [6.45, 7) is 5.03. The molecule has 7 nitrogen and oxygen atoms in total. The third-order valence-corrected chi connectivity index (χ3v) is 5.04. The van der Waals surface area contributed by atoms with Gasteiger partial charge in [0.25, 0.3) is 0 Å². The highest BCUT2D eigenvalue weighted by Crippen LogP contribution is 2.26. The Labute approximate surface area is 159 Å². The number of anilines is 2. The first-order valence-corrected chi connectivity index (χ1v) is 9.37. The molecular formula is C20H25N7. The van der Waals surface area contributed by atoms with Gasteiger partial charge in [-0.2, -0.15) is 0 Å².